The van der Waals surface area contributed by atoms with Gasteiger partial charge in [0.1, 0.15) is 0 Å². The van der Waals surface area contributed by atoms with Crippen LogP contribution in [0.25, 0.3) is 22.9 Å². The molecule has 2 heteroatoms. The molecule has 0 aromatic heterocycles. The maximum absolute atomic E-state index is 11.1. The van der Waals surface area contributed by atoms with Crippen LogP contribution in [0, 0.1) is 0 Å². The topological polar surface area (TPSA) is 43.1 Å². The lowest BCUT2D eigenvalue weighted by molar-refractivity contribution is 0.100. The summed E-state index contributed by atoms with van der Waals surface area (Å²) >= 11 is 0. The van der Waals surface area contributed by atoms with Crippen molar-refractivity contribution in [2.75, 3.05) is 0 Å². The maximum atomic E-state index is 11.1. The molecule has 72 valence electrons. The lowest BCUT2D eigenvalue weighted by Gasteiger charge is -2.04. The number of carbonyl (C=O) groups is 1. The summed E-state index contributed by atoms with van der Waals surface area (Å²) < 4.78 is 0. The Morgan fingerprint density at radius 2 is 1.87 bits per heavy atom. The zero-order valence-electron chi connectivity index (χ0n) is 8.03. The van der Waals surface area contributed by atoms with Gasteiger partial charge in [0.05, 0.1) is 0 Å². The van der Waals surface area contributed by atoms with Gasteiger partial charge in [0.15, 0.2) is 0 Å². The number of primary amides is 1. The zero-order chi connectivity index (χ0) is 10.4. The summed E-state index contributed by atoms with van der Waals surface area (Å²) in [5.74, 6) is -0.376. The lowest BCUT2D eigenvalue weighted by Crippen LogP contribution is -2.10. The summed E-state index contributed by atoms with van der Waals surface area (Å²) in [5, 5.41) is 2.28. The first-order valence-corrected chi connectivity index (χ1v) is 4.80. The SMILES string of the molecule is NC(=O)c1cc2c3c(cccc3c1)C=C2. The predicted molar refractivity (Wildman–Crippen MR) is 61.4 cm³/mol. The molecule has 2 aromatic rings. The predicted octanol–water partition coefficient (Wildman–Crippen LogP) is 2.42. The highest BCUT2D eigenvalue weighted by molar-refractivity contribution is 6.08. The molecular weight excluding hydrogens is 186 g/mol. The Hall–Kier alpha value is -2.09. The molecular formula is C13H9NO. The monoisotopic (exact) mass is 195 g/mol. The third-order valence-corrected chi connectivity index (χ3v) is 2.77. The number of amides is 1. The van der Waals surface area contributed by atoms with E-state index >= 15 is 0 Å². The molecule has 0 radical (unpaired) electrons. The fraction of sp³-hybridized carbons (Fsp3) is 0. The Morgan fingerprint density at radius 1 is 1.07 bits per heavy atom. The summed E-state index contributed by atoms with van der Waals surface area (Å²) in [6.07, 6.45) is 4.08. The van der Waals surface area contributed by atoms with E-state index < -0.39 is 0 Å². The summed E-state index contributed by atoms with van der Waals surface area (Å²) in [7, 11) is 0. The highest BCUT2D eigenvalue weighted by atomic mass is 16.1. The van der Waals surface area contributed by atoms with E-state index in [-0.39, 0.29) is 5.91 Å². The molecule has 3 rings (SSSR count). The molecule has 1 aliphatic carbocycles. The summed E-state index contributed by atoms with van der Waals surface area (Å²) in [6, 6.07) is 9.75. The molecule has 0 heterocycles. The van der Waals surface area contributed by atoms with Crippen LogP contribution in [0.5, 0.6) is 0 Å². The van der Waals surface area contributed by atoms with E-state index in [4.69, 9.17) is 5.73 Å². The highest BCUT2D eigenvalue weighted by Gasteiger charge is 2.11. The standard InChI is InChI=1S/C13H9NO/c14-13(15)11-6-9-3-1-2-8-4-5-10(7-11)12(8)9/h1-7H,(H2,14,15). The molecule has 0 saturated carbocycles. The molecule has 1 amide bonds. The molecule has 0 bridgehead atoms. The first-order chi connectivity index (χ1) is 7.25. The van der Waals surface area contributed by atoms with Crippen molar-refractivity contribution in [2.24, 2.45) is 5.73 Å². The number of nitrogens with two attached hydrogens (primary N) is 1. The maximum Gasteiger partial charge on any atom is 0.248 e. The minimum Gasteiger partial charge on any atom is -0.366 e. The van der Waals surface area contributed by atoms with Crippen molar-refractivity contribution < 1.29 is 4.79 Å². The fourth-order valence-corrected chi connectivity index (χ4v) is 2.08. The van der Waals surface area contributed by atoms with Gasteiger partial charge in [0, 0.05) is 5.56 Å². The molecule has 2 aromatic carbocycles. The van der Waals surface area contributed by atoms with Gasteiger partial charge >= 0.3 is 0 Å². The number of carbonyl (C=O) groups excluding carboxylic acids is 1. The van der Waals surface area contributed by atoms with E-state index in [9.17, 15) is 4.79 Å². The smallest absolute Gasteiger partial charge is 0.248 e. The second kappa shape index (κ2) is 2.70. The van der Waals surface area contributed by atoms with Crippen molar-refractivity contribution in [3.05, 3.63) is 47.0 Å². The first kappa shape index (κ1) is 8.24. The fourth-order valence-electron chi connectivity index (χ4n) is 2.08. The largest absolute Gasteiger partial charge is 0.366 e. The average molecular weight is 195 g/mol. The van der Waals surface area contributed by atoms with Crippen molar-refractivity contribution in [3.8, 4) is 0 Å². The van der Waals surface area contributed by atoms with Crippen LogP contribution in [-0.2, 0) is 0 Å². The van der Waals surface area contributed by atoms with Crippen molar-refractivity contribution >= 4 is 28.8 Å². The lowest BCUT2D eigenvalue weighted by atomic mass is 10.0. The molecule has 0 atom stereocenters. The van der Waals surface area contributed by atoms with Gasteiger partial charge < -0.3 is 5.73 Å². The van der Waals surface area contributed by atoms with Crippen LogP contribution in [-0.4, -0.2) is 5.91 Å². The summed E-state index contributed by atoms with van der Waals surface area (Å²) in [4.78, 5) is 11.1. The van der Waals surface area contributed by atoms with Gasteiger partial charge in [-0.25, -0.2) is 0 Å². The van der Waals surface area contributed by atoms with Gasteiger partial charge in [0.2, 0.25) is 5.91 Å². The van der Waals surface area contributed by atoms with Gasteiger partial charge in [-0.3, -0.25) is 4.79 Å². The third-order valence-electron chi connectivity index (χ3n) is 2.77. The van der Waals surface area contributed by atoms with Gasteiger partial charge in [-0.2, -0.15) is 0 Å². The minimum absolute atomic E-state index is 0.376. The molecule has 0 unspecified atom stereocenters. The van der Waals surface area contributed by atoms with Crippen molar-refractivity contribution in [2.45, 2.75) is 0 Å². The Labute approximate surface area is 87.0 Å². The normalized spacial score (nSPS) is 12.3. The molecule has 15 heavy (non-hydrogen) atoms. The third kappa shape index (κ3) is 1.08. The Morgan fingerprint density at radius 3 is 2.67 bits per heavy atom. The average Bonchev–Trinajstić information content (AvgIpc) is 2.64. The molecule has 1 aliphatic rings. The van der Waals surface area contributed by atoms with Crippen LogP contribution < -0.4 is 5.73 Å². The Kier molecular flexibility index (Phi) is 1.48. The number of hydrogen-bond donors (Lipinski definition) is 1. The second-order valence-corrected chi connectivity index (χ2v) is 3.71. The first-order valence-electron chi connectivity index (χ1n) is 4.80. The van der Waals surface area contributed by atoms with Crippen LogP contribution in [0.2, 0.25) is 0 Å². The number of benzene rings is 2. The highest BCUT2D eigenvalue weighted by Crippen LogP contribution is 2.31. The van der Waals surface area contributed by atoms with Crippen LogP contribution in [0.15, 0.2) is 30.3 Å². The van der Waals surface area contributed by atoms with E-state index in [2.05, 4.69) is 12.1 Å². The van der Waals surface area contributed by atoms with Crippen LogP contribution in [0.3, 0.4) is 0 Å². The van der Waals surface area contributed by atoms with E-state index in [0.717, 1.165) is 10.9 Å². The summed E-state index contributed by atoms with van der Waals surface area (Å²) in [5.41, 5.74) is 8.14. The van der Waals surface area contributed by atoms with Gasteiger partial charge in [-0.05, 0) is 34.0 Å². The quantitative estimate of drug-likeness (QED) is 0.636. The van der Waals surface area contributed by atoms with Gasteiger partial charge in [-0.1, -0.05) is 30.4 Å². The van der Waals surface area contributed by atoms with Crippen LogP contribution >= 0.6 is 0 Å². The van der Waals surface area contributed by atoms with Gasteiger partial charge in [-0.15, -0.1) is 0 Å². The number of rotatable bonds is 1. The minimum atomic E-state index is -0.376. The Bertz CT molecular complexity index is 611. The van der Waals surface area contributed by atoms with Crippen molar-refractivity contribution in [1.29, 1.82) is 0 Å². The molecule has 0 spiro atoms. The molecule has 0 saturated heterocycles. The molecule has 0 aliphatic heterocycles. The van der Waals surface area contributed by atoms with E-state index in [1.807, 2.05) is 30.3 Å². The second-order valence-electron chi connectivity index (χ2n) is 3.71. The van der Waals surface area contributed by atoms with E-state index in [0.29, 0.717) is 5.56 Å². The van der Waals surface area contributed by atoms with Crippen molar-refractivity contribution in [3.63, 3.8) is 0 Å². The molecule has 2 nitrogen and oxygen atoms in total. The van der Waals surface area contributed by atoms with Crippen LogP contribution in [0.1, 0.15) is 21.5 Å². The van der Waals surface area contributed by atoms with E-state index in [1.54, 1.807) is 0 Å². The van der Waals surface area contributed by atoms with Gasteiger partial charge in [0.25, 0.3) is 0 Å². The molecule has 2 N–H and O–H groups in total. The summed E-state index contributed by atoms with van der Waals surface area (Å²) in [6.45, 7) is 0. The van der Waals surface area contributed by atoms with Crippen LogP contribution in [0.4, 0.5) is 0 Å². The zero-order valence-corrected chi connectivity index (χ0v) is 8.03. The Balaban J connectivity index is 2.45. The number of hydrogen-bond acceptors (Lipinski definition) is 1. The molecule has 0 fully saturated rings. The van der Waals surface area contributed by atoms with E-state index in [1.165, 1.54) is 10.9 Å². The van der Waals surface area contributed by atoms with Crippen molar-refractivity contribution in [1.82, 2.24) is 0 Å².